The van der Waals surface area contributed by atoms with Crippen LogP contribution in [0.4, 0.5) is 0 Å². The van der Waals surface area contributed by atoms with Gasteiger partial charge in [-0.3, -0.25) is 4.79 Å². The Bertz CT molecular complexity index is 849. The van der Waals surface area contributed by atoms with E-state index < -0.39 is 0 Å². The van der Waals surface area contributed by atoms with Crippen molar-refractivity contribution in [3.63, 3.8) is 0 Å². The van der Waals surface area contributed by atoms with Gasteiger partial charge < -0.3 is 9.88 Å². The Balaban J connectivity index is 1.51. The molecule has 1 amide bonds. The largest absolute Gasteiger partial charge is 0.348 e. The number of aromatic nitrogens is 1. The Morgan fingerprint density at radius 2 is 1.91 bits per heavy atom. The van der Waals surface area contributed by atoms with Crippen LogP contribution in [0, 0.1) is 0 Å². The summed E-state index contributed by atoms with van der Waals surface area (Å²) >= 11 is 0. The van der Waals surface area contributed by atoms with Crippen molar-refractivity contribution in [2.75, 3.05) is 0 Å². The minimum atomic E-state index is 0.0769. The van der Waals surface area contributed by atoms with E-state index in [9.17, 15) is 4.79 Å². The summed E-state index contributed by atoms with van der Waals surface area (Å²) in [5.41, 5.74) is 3.76. The predicted octanol–water partition coefficient (Wildman–Crippen LogP) is 3.84. The summed E-state index contributed by atoms with van der Waals surface area (Å²) in [6.07, 6.45) is 5.26. The second-order valence-corrected chi connectivity index (χ2v) is 6.21. The number of rotatable bonds is 3. The number of hydrogen-bond donors (Lipinski definition) is 1. The highest BCUT2D eigenvalue weighted by molar-refractivity contribution is 5.83. The van der Waals surface area contributed by atoms with Gasteiger partial charge in [-0.2, -0.15) is 0 Å². The van der Waals surface area contributed by atoms with Gasteiger partial charge in [-0.1, -0.05) is 42.5 Å². The molecule has 23 heavy (non-hydrogen) atoms. The van der Waals surface area contributed by atoms with Crippen molar-refractivity contribution in [3.05, 3.63) is 71.9 Å². The van der Waals surface area contributed by atoms with Crippen LogP contribution in [-0.4, -0.2) is 10.5 Å². The molecule has 3 aromatic rings. The first-order valence-corrected chi connectivity index (χ1v) is 8.22. The number of para-hydroxylation sites is 1. The highest BCUT2D eigenvalue weighted by Crippen LogP contribution is 2.29. The van der Waals surface area contributed by atoms with Crippen LogP contribution >= 0.6 is 0 Å². The number of carbonyl (C=O) groups excluding carboxylic acids is 1. The van der Waals surface area contributed by atoms with Crippen LogP contribution in [0.15, 0.2) is 60.8 Å². The van der Waals surface area contributed by atoms with Gasteiger partial charge >= 0.3 is 0 Å². The first-order valence-electron chi connectivity index (χ1n) is 8.22. The molecule has 1 unspecified atom stereocenters. The highest BCUT2D eigenvalue weighted by atomic mass is 16.2. The zero-order valence-corrected chi connectivity index (χ0v) is 13.0. The molecule has 0 saturated carbocycles. The van der Waals surface area contributed by atoms with Crippen LogP contribution < -0.4 is 5.32 Å². The lowest BCUT2D eigenvalue weighted by Gasteiger charge is -2.26. The van der Waals surface area contributed by atoms with E-state index in [2.05, 4.69) is 47.8 Å². The average Bonchev–Trinajstić information content (AvgIpc) is 2.98. The van der Waals surface area contributed by atoms with E-state index in [0.717, 1.165) is 24.8 Å². The van der Waals surface area contributed by atoms with E-state index in [1.807, 2.05) is 22.9 Å². The van der Waals surface area contributed by atoms with E-state index in [0.29, 0.717) is 6.54 Å². The van der Waals surface area contributed by atoms with Crippen LogP contribution in [0.25, 0.3) is 10.9 Å². The van der Waals surface area contributed by atoms with Crippen molar-refractivity contribution in [3.8, 4) is 0 Å². The molecule has 1 aliphatic rings. The number of amides is 1. The number of hydrogen-bond acceptors (Lipinski definition) is 1. The second-order valence-electron chi connectivity index (χ2n) is 6.21. The molecule has 3 nitrogen and oxygen atoms in total. The Labute approximate surface area is 135 Å². The van der Waals surface area contributed by atoms with Gasteiger partial charge in [0.25, 0.3) is 0 Å². The number of carbonyl (C=O) groups is 1. The Morgan fingerprint density at radius 1 is 1.09 bits per heavy atom. The van der Waals surface area contributed by atoms with E-state index in [4.69, 9.17) is 0 Å². The smallest absolute Gasteiger partial charge is 0.240 e. The summed E-state index contributed by atoms with van der Waals surface area (Å²) in [7, 11) is 0. The molecular weight excluding hydrogens is 284 g/mol. The number of nitrogens with zero attached hydrogens (tertiary/aromatic N) is 1. The lowest BCUT2D eigenvalue weighted by Crippen LogP contribution is -2.33. The van der Waals surface area contributed by atoms with Crippen molar-refractivity contribution in [2.45, 2.75) is 31.8 Å². The Hall–Kier alpha value is -2.55. The van der Waals surface area contributed by atoms with Gasteiger partial charge in [0.1, 0.15) is 6.54 Å². The minimum absolute atomic E-state index is 0.0769. The summed E-state index contributed by atoms with van der Waals surface area (Å²) in [6.45, 7) is 0.367. The van der Waals surface area contributed by atoms with Gasteiger partial charge in [0.15, 0.2) is 0 Å². The van der Waals surface area contributed by atoms with Crippen molar-refractivity contribution in [1.82, 2.24) is 9.88 Å². The van der Waals surface area contributed by atoms with E-state index in [1.165, 1.54) is 16.5 Å². The van der Waals surface area contributed by atoms with Crippen molar-refractivity contribution >= 4 is 16.8 Å². The third-order valence-corrected chi connectivity index (χ3v) is 4.70. The van der Waals surface area contributed by atoms with Gasteiger partial charge in [-0.05, 0) is 47.9 Å². The summed E-state index contributed by atoms with van der Waals surface area (Å²) < 4.78 is 2.01. The number of benzene rings is 2. The van der Waals surface area contributed by atoms with E-state index in [1.54, 1.807) is 0 Å². The fourth-order valence-electron chi connectivity index (χ4n) is 3.58. The van der Waals surface area contributed by atoms with Gasteiger partial charge in [0.05, 0.1) is 6.04 Å². The lowest BCUT2D eigenvalue weighted by atomic mass is 9.88. The predicted molar refractivity (Wildman–Crippen MR) is 92.2 cm³/mol. The van der Waals surface area contributed by atoms with Gasteiger partial charge in [-0.15, -0.1) is 0 Å². The van der Waals surface area contributed by atoms with Crippen molar-refractivity contribution in [1.29, 1.82) is 0 Å². The zero-order valence-electron chi connectivity index (χ0n) is 13.0. The van der Waals surface area contributed by atoms with Crippen LogP contribution in [0.2, 0.25) is 0 Å². The first-order chi connectivity index (χ1) is 11.3. The van der Waals surface area contributed by atoms with Crippen molar-refractivity contribution < 1.29 is 4.79 Å². The van der Waals surface area contributed by atoms with Gasteiger partial charge in [-0.25, -0.2) is 0 Å². The van der Waals surface area contributed by atoms with Crippen LogP contribution in [0.5, 0.6) is 0 Å². The molecule has 0 bridgehead atoms. The summed E-state index contributed by atoms with van der Waals surface area (Å²) in [6, 6.07) is 18.8. The number of aryl methyl sites for hydroxylation is 1. The summed E-state index contributed by atoms with van der Waals surface area (Å²) in [5, 5.41) is 4.39. The topological polar surface area (TPSA) is 34.0 Å². The number of nitrogens with one attached hydrogen (secondary N) is 1. The third kappa shape index (κ3) is 2.74. The van der Waals surface area contributed by atoms with Gasteiger partial charge in [0, 0.05) is 11.7 Å². The molecule has 3 heteroatoms. The maximum Gasteiger partial charge on any atom is 0.240 e. The Morgan fingerprint density at radius 3 is 2.87 bits per heavy atom. The fourth-order valence-corrected chi connectivity index (χ4v) is 3.58. The standard InChI is InChI=1S/C20H20N2O/c23-20(14-22-13-12-16-7-2-4-11-19(16)22)21-18-10-5-8-15-6-1-3-9-17(15)18/h1-4,6-7,9,11-13,18H,5,8,10,14H2,(H,21,23). The molecule has 4 rings (SSSR count). The normalized spacial score (nSPS) is 17.0. The maximum atomic E-state index is 12.5. The molecule has 0 aliphatic heterocycles. The molecule has 116 valence electrons. The molecule has 0 fully saturated rings. The SMILES string of the molecule is O=C(Cn1ccc2ccccc21)NC1CCCc2ccccc21. The molecule has 1 aromatic heterocycles. The molecule has 1 atom stereocenters. The van der Waals surface area contributed by atoms with Crippen molar-refractivity contribution in [2.24, 2.45) is 0 Å². The fraction of sp³-hybridized carbons (Fsp3) is 0.250. The van der Waals surface area contributed by atoms with Crippen LogP contribution in [0.3, 0.4) is 0 Å². The maximum absolute atomic E-state index is 12.5. The summed E-state index contributed by atoms with van der Waals surface area (Å²) in [4.78, 5) is 12.5. The molecule has 1 aliphatic carbocycles. The number of fused-ring (bicyclic) bond motifs is 2. The zero-order chi connectivity index (χ0) is 15.6. The first kappa shape index (κ1) is 14.1. The molecule has 0 saturated heterocycles. The lowest BCUT2D eigenvalue weighted by molar-refractivity contribution is -0.122. The molecular formula is C20H20N2O. The third-order valence-electron chi connectivity index (χ3n) is 4.70. The quantitative estimate of drug-likeness (QED) is 0.784. The Kier molecular flexibility index (Phi) is 3.62. The molecule has 1 N–H and O–H groups in total. The molecule has 0 radical (unpaired) electrons. The minimum Gasteiger partial charge on any atom is -0.348 e. The van der Waals surface area contributed by atoms with Crippen LogP contribution in [-0.2, 0) is 17.8 Å². The van der Waals surface area contributed by atoms with E-state index >= 15 is 0 Å². The second kappa shape index (κ2) is 5.92. The average molecular weight is 304 g/mol. The van der Waals surface area contributed by atoms with Crippen LogP contribution in [0.1, 0.15) is 30.0 Å². The molecule has 1 heterocycles. The monoisotopic (exact) mass is 304 g/mol. The molecule has 2 aromatic carbocycles. The highest BCUT2D eigenvalue weighted by Gasteiger charge is 2.21. The van der Waals surface area contributed by atoms with E-state index in [-0.39, 0.29) is 11.9 Å². The molecule has 0 spiro atoms. The van der Waals surface area contributed by atoms with Gasteiger partial charge in [0.2, 0.25) is 5.91 Å². The summed E-state index contributed by atoms with van der Waals surface area (Å²) in [5.74, 6) is 0.0769.